The van der Waals surface area contributed by atoms with Gasteiger partial charge in [0.05, 0.1) is 21.3 Å². The Kier molecular flexibility index (Phi) is 5.20. The Morgan fingerprint density at radius 1 is 1.09 bits per heavy atom. The number of rotatable bonds is 2. The highest BCUT2D eigenvalue weighted by molar-refractivity contribution is 7.17. The second kappa shape index (κ2) is 7.73. The highest BCUT2D eigenvalue weighted by Crippen LogP contribution is 2.45. The minimum Gasteiger partial charge on any atom is -0.355 e. The summed E-state index contributed by atoms with van der Waals surface area (Å²) in [5, 5.41) is 3.88. The third-order valence-electron chi connectivity index (χ3n) is 6.76. The maximum absolute atomic E-state index is 13.8. The number of nitrogens with one attached hydrogen (secondary N) is 1. The number of carbonyl (C=O) groups excluding carboxylic acids is 2. The molecule has 33 heavy (non-hydrogen) atoms. The van der Waals surface area contributed by atoms with Crippen LogP contribution in [-0.4, -0.2) is 98.1 Å². The van der Waals surface area contributed by atoms with E-state index in [1.54, 1.807) is 4.90 Å². The van der Waals surface area contributed by atoms with Crippen molar-refractivity contribution in [2.24, 2.45) is 5.41 Å². The molecule has 0 unspecified atom stereocenters. The summed E-state index contributed by atoms with van der Waals surface area (Å²) in [6.45, 7) is 5.41. The predicted molar refractivity (Wildman–Crippen MR) is 119 cm³/mol. The molecule has 3 fully saturated rings. The molecular formula is C21H25F3N6O2S. The quantitative estimate of drug-likeness (QED) is 0.711. The van der Waals surface area contributed by atoms with Gasteiger partial charge in [-0.2, -0.15) is 13.2 Å². The lowest BCUT2D eigenvalue weighted by molar-refractivity contribution is -0.136. The molecule has 8 nitrogen and oxygen atoms in total. The molecule has 0 radical (unpaired) electrons. The van der Waals surface area contributed by atoms with E-state index in [1.807, 2.05) is 16.8 Å². The smallest absolute Gasteiger partial charge is 0.355 e. The Morgan fingerprint density at radius 3 is 2.36 bits per heavy atom. The highest BCUT2D eigenvalue weighted by Gasteiger charge is 2.54. The van der Waals surface area contributed by atoms with Crippen molar-refractivity contribution in [2.45, 2.75) is 6.18 Å². The van der Waals surface area contributed by atoms with Crippen LogP contribution in [-0.2, 0) is 6.18 Å². The van der Waals surface area contributed by atoms with Crippen molar-refractivity contribution in [1.82, 2.24) is 25.0 Å². The lowest BCUT2D eigenvalue weighted by Gasteiger charge is -2.61. The van der Waals surface area contributed by atoms with E-state index in [2.05, 4.69) is 15.2 Å². The van der Waals surface area contributed by atoms with Gasteiger partial charge in [0, 0.05) is 70.2 Å². The Balaban J connectivity index is 1.31. The zero-order valence-electron chi connectivity index (χ0n) is 18.4. The van der Waals surface area contributed by atoms with E-state index in [0.717, 1.165) is 30.5 Å². The largest absolute Gasteiger partial charge is 0.417 e. The number of nitrogens with zero attached hydrogens (tertiary/aromatic N) is 5. The van der Waals surface area contributed by atoms with Gasteiger partial charge in [0.15, 0.2) is 0 Å². The first-order chi connectivity index (χ1) is 15.6. The summed E-state index contributed by atoms with van der Waals surface area (Å²) in [5.41, 5.74) is -0.655. The van der Waals surface area contributed by atoms with Crippen molar-refractivity contribution >= 4 is 39.3 Å². The number of urea groups is 1. The Morgan fingerprint density at radius 2 is 1.76 bits per heavy atom. The minimum atomic E-state index is -4.55. The standard InChI is InChI=1S/C21H25F3N6O2S/c1-25-18(31)13-8-33-17-14(21(22,23)24)7-15(26-16(13)17)29-9-20(10-29)11-30(12-20)19(32)28-5-3-27(2)4-6-28/h7-8H,3-6,9-12H2,1-2H3,(H,25,31). The van der Waals surface area contributed by atoms with Crippen LogP contribution in [0, 0.1) is 5.41 Å². The molecular weight excluding hydrogens is 457 g/mol. The Hall–Kier alpha value is -2.60. The summed E-state index contributed by atoms with van der Waals surface area (Å²) in [6.07, 6.45) is -4.55. The van der Waals surface area contributed by atoms with Crippen molar-refractivity contribution in [1.29, 1.82) is 0 Å². The van der Waals surface area contributed by atoms with Gasteiger partial charge in [-0.3, -0.25) is 4.79 Å². The molecule has 3 amide bonds. The maximum Gasteiger partial charge on any atom is 0.417 e. The number of thiophene rings is 1. The van der Waals surface area contributed by atoms with Crippen LogP contribution in [0.5, 0.6) is 0 Å². The molecule has 0 aliphatic carbocycles. The summed E-state index contributed by atoms with van der Waals surface area (Å²) in [7, 11) is 3.47. The molecule has 5 heterocycles. The number of likely N-dealkylation sites (tertiary alicyclic amines) is 1. The van der Waals surface area contributed by atoms with E-state index in [1.165, 1.54) is 12.4 Å². The number of hydrogen-bond donors (Lipinski definition) is 1. The normalized spacial score (nSPS) is 20.7. The number of alkyl halides is 3. The number of halogens is 3. The van der Waals surface area contributed by atoms with Gasteiger partial charge >= 0.3 is 12.2 Å². The van der Waals surface area contributed by atoms with E-state index in [0.29, 0.717) is 39.3 Å². The van der Waals surface area contributed by atoms with Crippen molar-refractivity contribution in [2.75, 3.05) is 71.4 Å². The van der Waals surface area contributed by atoms with Gasteiger partial charge < -0.3 is 24.9 Å². The molecule has 0 atom stereocenters. The summed E-state index contributed by atoms with van der Waals surface area (Å²) in [4.78, 5) is 37.0. The lowest BCUT2D eigenvalue weighted by Crippen LogP contribution is -2.74. The number of piperazine rings is 1. The zero-order chi connectivity index (χ0) is 23.5. The SMILES string of the molecule is CNC(=O)c1csc2c(C(F)(F)F)cc(N3CC4(CN(C(=O)N5CCN(C)CC5)C4)C3)nc12. The third kappa shape index (κ3) is 3.78. The second-order valence-electron chi connectivity index (χ2n) is 9.22. The van der Waals surface area contributed by atoms with Crippen LogP contribution in [0.15, 0.2) is 11.4 Å². The Bertz CT molecular complexity index is 1100. The summed E-state index contributed by atoms with van der Waals surface area (Å²) in [6, 6.07) is 1.12. The third-order valence-corrected chi connectivity index (χ3v) is 7.76. The number of carbonyl (C=O) groups is 2. The van der Waals surface area contributed by atoms with E-state index in [-0.39, 0.29) is 33.0 Å². The first-order valence-corrected chi connectivity index (χ1v) is 11.7. The lowest BCUT2D eigenvalue weighted by atomic mass is 9.73. The topological polar surface area (TPSA) is 72.0 Å². The fourth-order valence-corrected chi connectivity index (χ4v) is 5.91. The molecule has 1 N–H and O–H groups in total. The molecule has 0 aromatic carbocycles. The fraction of sp³-hybridized carbons (Fsp3) is 0.571. The van der Waals surface area contributed by atoms with Crippen LogP contribution >= 0.6 is 11.3 Å². The van der Waals surface area contributed by atoms with Crippen molar-refractivity contribution < 1.29 is 22.8 Å². The van der Waals surface area contributed by atoms with Crippen LogP contribution in [0.3, 0.4) is 0 Å². The molecule has 0 bridgehead atoms. The van der Waals surface area contributed by atoms with Crippen LogP contribution in [0.4, 0.5) is 23.8 Å². The fourth-order valence-electron chi connectivity index (χ4n) is 4.89. The average molecular weight is 483 g/mol. The molecule has 178 valence electrons. The number of amides is 3. The number of hydrogen-bond acceptors (Lipinski definition) is 6. The van der Waals surface area contributed by atoms with E-state index in [9.17, 15) is 22.8 Å². The van der Waals surface area contributed by atoms with Gasteiger partial charge in [-0.25, -0.2) is 9.78 Å². The second-order valence-corrected chi connectivity index (χ2v) is 10.1. The summed E-state index contributed by atoms with van der Waals surface area (Å²) >= 11 is 0.876. The van der Waals surface area contributed by atoms with Crippen LogP contribution < -0.4 is 10.2 Å². The highest BCUT2D eigenvalue weighted by atomic mass is 32.1. The van der Waals surface area contributed by atoms with Crippen molar-refractivity contribution in [3.05, 3.63) is 22.6 Å². The molecule has 3 aliphatic heterocycles. The molecule has 5 rings (SSSR count). The molecule has 12 heteroatoms. The molecule has 3 saturated heterocycles. The van der Waals surface area contributed by atoms with Gasteiger partial charge in [-0.05, 0) is 13.1 Å². The van der Waals surface area contributed by atoms with Crippen LogP contribution in [0.1, 0.15) is 15.9 Å². The first kappa shape index (κ1) is 22.2. The van der Waals surface area contributed by atoms with E-state index >= 15 is 0 Å². The van der Waals surface area contributed by atoms with Gasteiger partial charge in [-0.1, -0.05) is 0 Å². The van der Waals surface area contributed by atoms with Gasteiger partial charge in [-0.15, -0.1) is 11.3 Å². The molecule has 2 aromatic rings. The number of likely N-dealkylation sites (N-methyl/N-ethyl adjacent to an activating group) is 1. The van der Waals surface area contributed by atoms with Gasteiger partial charge in [0.25, 0.3) is 5.91 Å². The molecule has 3 aliphatic rings. The predicted octanol–water partition coefficient (Wildman–Crippen LogP) is 2.16. The molecule has 0 saturated carbocycles. The monoisotopic (exact) mass is 482 g/mol. The van der Waals surface area contributed by atoms with Gasteiger partial charge in [0.1, 0.15) is 5.82 Å². The molecule has 2 aromatic heterocycles. The van der Waals surface area contributed by atoms with E-state index < -0.39 is 17.6 Å². The minimum absolute atomic E-state index is 0.0346. The zero-order valence-corrected chi connectivity index (χ0v) is 19.2. The number of fused-ring (bicyclic) bond motifs is 1. The maximum atomic E-state index is 13.8. The van der Waals surface area contributed by atoms with Crippen molar-refractivity contribution in [3.63, 3.8) is 0 Å². The van der Waals surface area contributed by atoms with Crippen LogP contribution in [0.25, 0.3) is 10.2 Å². The number of aromatic nitrogens is 1. The van der Waals surface area contributed by atoms with Crippen molar-refractivity contribution in [3.8, 4) is 0 Å². The number of anilines is 1. The summed E-state index contributed by atoms with van der Waals surface area (Å²) in [5.74, 6) is -0.246. The van der Waals surface area contributed by atoms with Gasteiger partial charge in [0.2, 0.25) is 0 Å². The summed E-state index contributed by atoms with van der Waals surface area (Å²) < 4.78 is 41.2. The molecule has 1 spiro atoms. The number of pyridine rings is 1. The first-order valence-electron chi connectivity index (χ1n) is 10.8. The van der Waals surface area contributed by atoms with Crippen LogP contribution in [0.2, 0.25) is 0 Å². The average Bonchev–Trinajstić information content (AvgIpc) is 3.14. The Labute approximate surface area is 192 Å². The van der Waals surface area contributed by atoms with E-state index in [4.69, 9.17) is 0 Å².